The molecule has 3 heterocycles. The predicted octanol–water partition coefficient (Wildman–Crippen LogP) is 3.94. The standard InChI is InChI=1S/C32H26F2N4O6/c1-36(31(43)44-20-7-4-18-16-37(29(41)21(18)12-20)24-8-9-27(39)35-28(24)40)26-13-22-25(14-23(26)34)38(30(42)32(22)10-11-32)15-17-2-5-19(33)6-3-17/h2-7,12-14,24H,8-11,15-16H2,1H3,(H,35,39,40). The van der Waals surface area contributed by atoms with E-state index in [0.717, 1.165) is 4.90 Å². The van der Waals surface area contributed by atoms with Crippen LogP contribution in [0.3, 0.4) is 0 Å². The molecule has 1 atom stereocenters. The summed E-state index contributed by atoms with van der Waals surface area (Å²) in [4.78, 5) is 67.4. The Morgan fingerprint density at radius 1 is 1.05 bits per heavy atom. The van der Waals surface area contributed by atoms with E-state index in [9.17, 15) is 28.4 Å². The lowest BCUT2D eigenvalue weighted by molar-refractivity contribution is -0.137. The molecule has 12 heteroatoms. The smallest absolute Gasteiger partial charge is 0.410 e. The van der Waals surface area contributed by atoms with E-state index in [4.69, 9.17) is 4.74 Å². The summed E-state index contributed by atoms with van der Waals surface area (Å²) >= 11 is 0. The van der Waals surface area contributed by atoms with Crippen LogP contribution < -0.4 is 19.9 Å². The molecule has 1 unspecified atom stereocenters. The number of anilines is 2. The van der Waals surface area contributed by atoms with Gasteiger partial charge in [-0.1, -0.05) is 18.2 Å². The minimum absolute atomic E-state index is 0.0555. The van der Waals surface area contributed by atoms with Gasteiger partial charge in [0.2, 0.25) is 17.7 Å². The highest BCUT2D eigenvalue weighted by atomic mass is 19.1. The highest BCUT2D eigenvalue weighted by Gasteiger charge is 2.59. The van der Waals surface area contributed by atoms with Gasteiger partial charge in [0.1, 0.15) is 23.4 Å². The molecule has 1 aliphatic carbocycles. The minimum Gasteiger partial charge on any atom is -0.410 e. The molecule has 0 bridgehead atoms. The number of nitrogens with one attached hydrogen (secondary N) is 1. The van der Waals surface area contributed by atoms with Gasteiger partial charge < -0.3 is 14.5 Å². The van der Waals surface area contributed by atoms with Gasteiger partial charge in [-0.15, -0.1) is 0 Å². The monoisotopic (exact) mass is 600 g/mol. The molecule has 7 rings (SSSR count). The molecular formula is C32H26F2N4O6. The summed E-state index contributed by atoms with van der Waals surface area (Å²) in [6, 6.07) is 12.3. The number of hydrogen-bond acceptors (Lipinski definition) is 6. The van der Waals surface area contributed by atoms with E-state index in [2.05, 4.69) is 5.32 Å². The maximum Gasteiger partial charge on any atom is 0.419 e. The fraction of sp³-hybridized carbons (Fsp3) is 0.281. The summed E-state index contributed by atoms with van der Waals surface area (Å²) in [5, 5.41) is 2.25. The van der Waals surface area contributed by atoms with Crippen LogP contribution in [-0.4, -0.2) is 47.7 Å². The van der Waals surface area contributed by atoms with Crippen molar-refractivity contribution in [1.29, 1.82) is 0 Å². The second-order valence-electron chi connectivity index (χ2n) is 11.6. The van der Waals surface area contributed by atoms with E-state index in [1.54, 1.807) is 18.2 Å². The lowest BCUT2D eigenvalue weighted by atomic mass is 9.97. The fourth-order valence-electron chi connectivity index (χ4n) is 6.30. The van der Waals surface area contributed by atoms with Crippen LogP contribution in [0, 0.1) is 11.6 Å². The van der Waals surface area contributed by atoms with E-state index in [-0.39, 0.29) is 54.7 Å². The number of fused-ring (bicyclic) bond motifs is 3. The van der Waals surface area contributed by atoms with Gasteiger partial charge in [-0.2, -0.15) is 0 Å². The molecule has 224 valence electrons. The topological polar surface area (TPSA) is 116 Å². The van der Waals surface area contributed by atoms with Crippen LogP contribution in [0.5, 0.6) is 5.75 Å². The van der Waals surface area contributed by atoms with E-state index < -0.39 is 41.0 Å². The molecule has 3 aromatic carbocycles. The third kappa shape index (κ3) is 4.40. The van der Waals surface area contributed by atoms with Crippen molar-refractivity contribution in [2.24, 2.45) is 0 Å². The first-order valence-electron chi connectivity index (χ1n) is 14.2. The van der Waals surface area contributed by atoms with E-state index >= 15 is 4.39 Å². The summed E-state index contributed by atoms with van der Waals surface area (Å²) in [6.07, 6.45) is 0.634. The molecule has 3 aliphatic heterocycles. The van der Waals surface area contributed by atoms with Gasteiger partial charge in [-0.3, -0.25) is 29.4 Å². The van der Waals surface area contributed by atoms with Gasteiger partial charge in [0, 0.05) is 31.6 Å². The third-order valence-corrected chi connectivity index (χ3v) is 8.87. The first-order chi connectivity index (χ1) is 21.1. The van der Waals surface area contributed by atoms with Crippen LogP contribution >= 0.6 is 0 Å². The molecule has 4 aliphatic rings. The summed E-state index contributed by atoms with van der Waals surface area (Å²) in [7, 11) is 1.35. The highest BCUT2D eigenvalue weighted by Crippen LogP contribution is 2.58. The number of ether oxygens (including phenoxy) is 1. The quantitative estimate of drug-likeness (QED) is 0.444. The van der Waals surface area contributed by atoms with E-state index in [1.807, 2.05) is 0 Å². The van der Waals surface area contributed by atoms with Crippen LogP contribution in [0.25, 0.3) is 0 Å². The normalized spacial score (nSPS) is 19.7. The van der Waals surface area contributed by atoms with Gasteiger partial charge in [-0.25, -0.2) is 13.6 Å². The Morgan fingerprint density at radius 2 is 1.80 bits per heavy atom. The number of carbonyl (C=O) groups is 5. The Morgan fingerprint density at radius 3 is 2.50 bits per heavy atom. The van der Waals surface area contributed by atoms with E-state index in [1.165, 1.54) is 53.2 Å². The molecule has 0 radical (unpaired) electrons. The van der Waals surface area contributed by atoms with Crippen molar-refractivity contribution >= 4 is 41.1 Å². The van der Waals surface area contributed by atoms with Crippen LogP contribution in [0.2, 0.25) is 0 Å². The zero-order chi connectivity index (χ0) is 30.9. The second kappa shape index (κ2) is 9.97. The third-order valence-electron chi connectivity index (χ3n) is 8.87. The molecule has 2 fully saturated rings. The summed E-state index contributed by atoms with van der Waals surface area (Å²) in [5.41, 5.74) is 1.79. The Bertz CT molecular complexity index is 1790. The summed E-state index contributed by atoms with van der Waals surface area (Å²) in [6.45, 7) is 0.329. The molecule has 1 spiro atoms. The number of carbonyl (C=O) groups excluding carboxylic acids is 5. The Kier molecular flexibility index (Phi) is 6.27. The number of piperidine rings is 1. The molecular weight excluding hydrogens is 574 g/mol. The number of imide groups is 1. The van der Waals surface area contributed by atoms with Gasteiger partial charge in [0.15, 0.2) is 0 Å². The molecule has 44 heavy (non-hydrogen) atoms. The van der Waals surface area contributed by atoms with Gasteiger partial charge in [0.25, 0.3) is 5.91 Å². The van der Waals surface area contributed by atoms with E-state index in [0.29, 0.717) is 35.2 Å². The largest absolute Gasteiger partial charge is 0.419 e. The molecule has 1 saturated carbocycles. The lowest BCUT2D eigenvalue weighted by Gasteiger charge is -2.29. The van der Waals surface area contributed by atoms with Crippen molar-refractivity contribution in [1.82, 2.24) is 10.2 Å². The number of amides is 5. The van der Waals surface area contributed by atoms with Crippen LogP contribution in [0.4, 0.5) is 25.0 Å². The Hall–Kier alpha value is -5.13. The van der Waals surface area contributed by atoms with Crippen molar-refractivity contribution in [2.75, 3.05) is 16.8 Å². The fourth-order valence-corrected chi connectivity index (χ4v) is 6.30. The second-order valence-corrected chi connectivity index (χ2v) is 11.6. The number of hydrogen-bond donors (Lipinski definition) is 1. The molecule has 0 aromatic heterocycles. The summed E-state index contributed by atoms with van der Waals surface area (Å²) < 4.78 is 34.4. The minimum atomic E-state index is -0.909. The average molecular weight is 601 g/mol. The summed E-state index contributed by atoms with van der Waals surface area (Å²) in [5.74, 6) is -2.56. The van der Waals surface area contributed by atoms with Crippen LogP contribution in [0.1, 0.15) is 52.7 Å². The highest BCUT2D eigenvalue weighted by molar-refractivity contribution is 6.11. The molecule has 10 nitrogen and oxygen atoms in total. The Labute approximate surface area is 250 Å². The lowest BCUT2D eigenvalue weighted by Crippen LogP contribution is -2.52. The van der Waals surface area contributed by atoms with Gasteiger partial charge in [0.05, 0.1) is 23.3 Å². The SMILES string of the molecule is CN(C(=O)Oc1ccc2c(c1)C(=O)N(C1CCC(=O)NC1=O)C2)c1cc2c(cc1F)N(Cc1ccc(F)cc1)C(=O)C21CC1. The van der Waals surface area contributed by atoms with Crippen molar-refractivity contribution in [2.45, 2.75) is 50.2 Å². The van der Waals surface area contributed by atoms with Crippen molar-refractivity contribution in [3.63, 3.8) is 0 Å². The predicted molar refractivity (Wildman–Crippen MR) is 152 cm³/mol. The van der Waals surface area contributed by atoms with Crippen molar-refractivity contribution in [3.8, 4) is 5.75 Å². The van der Waals surface area contributed by atoms with Crippen molar-refractivity contribution < 1.29 is 37.5 Å². The van der Waals surface area contributed by atoms with Gasteiger partial charge in [-0.05, 0) is 66.3 Å². The zero-order valence-electron chi connectivity index (χ0n) is 23.6. The van der Waals surface area contributed by atoms with Crippen LogP contribution in [0.15, 0.2) is 54.6 Å². The number of halogens is 2. The maximum absolute atomic E-state index is 15.5. The Balaban J connectivity index is 1.10. The number of nitrogens with zero attached hydrogens (tertiary/aromatic N) is 3. The number of rotatable bonds is 5. The average Bonchev–Trinajstić information content (AvgIpc) is 3.70. The molecule has 1 N–H and O–H groups in total. The molecule has 3 aromatic rings. The first-order valence-corrected chi connectivity index (χ1v) is 14.2. The first kappa shape index (κ1) is 27.7. The maximum atomic E-state index is 15.5. The van der Waals surface area contributed by atoms with Crippen molar-refractivity contribution in [3.05, 3.63) is 88.5 Å². The van der Waals surface area contributed by atoms with Crippen LogP contribution in [-0.2, 0) is 32.9 Å². The van der Waals surface area contributed by atoms with Gasteiger partial charge >= 0.3 is 6.09 Å². The number of benzene rings is 3. The molecule has 5 amide bonds. The zero-order valence-corrected chi connectivity index (χ0v) is 23.6. The molecule has 1 saturated heterocycles.